The van der Waals surface area contributed by atoms with Gasteiger partial charge in [-0.05, 0) is 42.3 Å². The van der Waals surface area contributed by atoms with E-state index in [0.29, 0.717) is 6.61 Å². The second-order valence-electron chi connectivity index (χ2n) is 8.64. The number of aromatic nitrogens is 1. The van der Waals surface area contributed by atoms with Gasteiger partial charge >= 0.3 is 5.97 Å². The summed E-state index contributed by atoms with van der Waals surface area (Å²) in [5.41, 5.74) is 4.70. The largest absolute Gasteiger partial charge is 0.492 e. The molecule has 2 aromatic heterocycles. The summed E-state index contributed by atoms with van der Waals surface area (Å²) in [6.07, 6.45) is 5.60. The fourth-order valence-electron chi connectivity index (χ4n) is 4.15. The molecule has 0 radical (unpaired) electrons. The monoisotopic (exact) mass is 489 g/mol. The SMILES string of the molecule is Cc1oc(-c2ccccc2)cc1CCOc1ccnc2c(/C=C/C(=O)OCc3ccccc3)cccc12. The van der Waals surface area contributed by atoms with Gasteiger partial charge in [0.2, 0.25) is 0 Å². The van der Waals surface area contributed by atoms with Crippen molar-refractivity contribution < 1.29 is 18.7 Å². The maximum atomic E-state index is 12.2. The van der Waals surface area contributed by atoms with Gasteiger partial charge in [-0.1, -0.05) is 72.8 Å². The Morgan fingerprint density at radius 1 is 0.946 bits per heavy atom. The second kappa shape index (κ2) is 11.4. The number of esters is 1. The smallest absolute Gasteiger partial charge is 0.331 e. The topological polar surface area (TPSA) is 61.6 Å². The van der Waals surface area contributed by atoms with E-state index in [4.69, 9.17) is 13.9 Å². The number of carbonyl (C=O) groups is 1. The summed E-state index contributed by atoms with van der Waals surface area (Å²) in [5.74, 6) is 2.10. The molecule has 0 aliphatic carbocycles. The molecule has 2 heterocycles. The third-order valence-corrected chi connectivity index (χ3v) is 6.09. The molecule has 0 aliphatic rings. The minimum atomic E-state index is -0.404. The summed E-state index contributed by atoms with van der Waals surface area (Å²) in [7, 11) is 0. The van der Waals surface area contributed by atoms with Gasteiger partial charge in [-0.2, -0.15) is 0 Å². The van der Waals surface area contributed by atoms with Crippen LogP contribution in [0.2, 0.25) is 0 Å². The second-order valence-corrected chi connectivity index (χ2v) is 8.64. The lowest BCUT2D eigenvalue weighted by Crippen LogP contribution is -2.02. The van der Waals surface area contributed by atoms with E-state index < -0.39 is 5.97 Å². The first-order valence-electron chi connectivity index (χ1n) is 12.2. The Morgan fingerprint density at radius 2 is 1.73 bits per heavy atom. The molecule has 0 N–H and O–H groups in total. The van der Waals surface area contributed by atoms with Crippen LogP contribution in [0.15, 0.2) is 108 Å². The highest BCUT2D eigenvalue weighted by molar-refractivity contribution is 5.95. The van der Waals surface area contributed by atoms with Crippen molar-refractivity contribution in [1.82, 2.24) is 4.98 Å². The Labute approximate surface area is 216 Å². The number of furan rings is 1. The van der Waals surface area contributed by atoms with Gasteiger partial charge in [-0.25, -0.2) is 4.79 Å². The molecule has 5 heteroatoms. The molecule has 3 aromatic carbocycles. The minimum absolute atomic E-state index is 0.235. The maximum Gasteiger partial charge on any atom is 0.331 e. The fourth-order valence-corrected chi connectivity index (χ4v) is 4.15. The number of ether oxygens (including phenoxy) is 2. The van der Waals surface area contributed by atoms with Crippen LogP contribution in [-0.2, 0) is 22.6 Å². The average Bonchev–Trinajstić information content (AvgIpc) is 3.32. The van der Waals surface area contributed by atoms with Crippen LogP contribution in [-0.4, -0.2) is 17.6 Å². The number of para-hydroxylation sites is 1. The molecule has 0 amide bonds. The van der Waals surface area contributed by atoms with Crippen LogP contribution in [0.4, 0.5) is 0 Å². The Hall–Kier alpha value is -4.64. The molecule has 0 saturated carbocycles. The van der Waals surface area contributed by atoms with Crippen molar-refractivity contribution in [3.05, 3.63) is 126 Å². The summed E-state index contributed by atoms with van der Waals surface area (Å²) in [6, 6.07) is 29.4. The van der Waals surface area contributed by atoms with Gasteiger partial charge in [0.25, 0.3) is 0 Å². The van der Waals surface area contributed by atoms with Gasteiger partial charge in [0.1, 0.15) is 23.9 Å². The third-order valence-electron chi connectivity index (χ3n) is 6.09. The number of nitrogens with zero attached hydrogens (tertiary/aromatic N) is 1. The minimum Gasteiger partial charge on any atom is -0.492 e. The molecule has 0 bridgehead atoms. The van der Waals surface area contributed by atoms with Gasteiger partial charge in [0, 0.05) is 35.2 Å². The highest BCUT2D eigenvalue weighted by Crippen LogP contribution is 2.28. The van der Waals surface area contributed by atoms with Crippen molar-refractivity contribution >= 4 is 22.9 Å². The van der Waals surface area contributed by atoms with E-state index in [1.165, 1.54) is 6.08 Å². The van der Waals surface area contributed by atoms with Crippen LogP contribution >= 0.6 is 0 Å². The molecule has 5 nitrogen and oxygen atoms in total. The Balaban J connectivity index is 1.24. The van der Waals surface area contributed by atoms with Crippen LogP contribution in [0.25, 0.3) is 28.3 Å². The van der Waals surface area contributed by atoms with Crippen LogP contribution in [0.5, 0.6) is 5.75 Å². The van der Waals surface area contributed by atoms with Gasteiger partial charge < -0.3 is 13.9 Å². The number of aryl methyl sites for hydroxylation is 1. The molecule has 0 saturated heterocycles. The van der Waals surface area contributed by atoms with E-state index >= 15 is 0 Å². The van der Waals surface area contributed by atoms with E-state index in [1.54, 1.807) is 12.3 Å². The molecule has 0 atom stereocenters. The zero-order chi connectivity index (χ0) is 25.5. The summed E-state index contributed by atoms with van der Waals surface area (Å²) >= 11 is 0. The van der Waals surface area contributed by atoms with E-state index in [2.05, 4.69) is 11.1 Å². The van der Waals surface area contributed by atoms with Gasteiger partial charge in [-0.3, -0.25) is 4.98 Å². The number of carbonyl (C=O) groups excluding carboxylic acids is 1. The van der Waals surface area contributed by atoms with Crippen molar-refractivity contribution in [2.75, 3.05) is 6.61 Å². The highest BCUT2D eigenvalue weighted by Gasteiger charge is 2.11. The molecule has 0 fully saturated rings. The molecule has 0 spiro atoms. The molecular weight excluding hydrogens is 462 g/mol. The zero-order valence-corrected chi connectivity index (χ0v) is 20.6. The Bertz CT molecular complexity index is 1520. The fraction of sp³-hybridized carbons (Fsp3) is 0.125. The number of fused-ring (bicyclic) bond motifs is 1. The predicted molar refractivity (Wildman–Crippen MR) is 145 cm³/mol. The van der Waals surface area contributed by atoms with Gasteiger partial charge in [0.15, 0.2) is 0 Å². The van der Waals surface area contributed by atoms with E-state index in [1.807, 2.05) is 91.9 Å². The quantitative estimate of drug-likeness (QED) is 0.162. The first kappa shape index (κ1) is 24.1. The standard InChI is InChI=1S/C32H27NO4/c1-23-27(21-30(37-23)25-11-6-3-7-12-25)18-20-35-29-17-19-33-32-26(13-8-14-28(29)32)15-16-31(34)36-22-24-9-4-2-5-10-24/h2-17,19,21H,18,20,22H2,1H3/b16-15+. The number of benzene rings is 3. The van der Waals surface area contributed by atoms with Crippen molar-refractivity contribution in [3.63, 3.8) is 0 Å². The normalized spacial score (nSPS) is 11.2. The summed E-state index contributed by atoms with van der Waals surface area (Å²) in [5, 5.41) is 0.885. The molecule has 184 valence electrons. The van der Waals surface area contributed by atoms with Crippen molar-refractivity contribution in [3.8, 4) is 17.1 Å². The Kier molecular flexibility index (Phi) is 7.42. The number of rotatable bonds is 9. The van der Waals surface area contributed by atoms with Gasteiger partial charge in [0.05, 0.1) is 12.1 Å². The predicted octanol–water partition coefficient (Wildman–Crippen LogP) is 7.18. The van der Waals surface area contributed by atoms with E-state index in [-0.39, 0.29) is 6.61 Å². The molecule has 5 aromatic rings. The van der Waals surface area contributed by atoms with Crippen molar-refractivity contribution in [2.24, 2.45) is 0 Å². The Morgan fingerprint density at radius 3 is 2.54 bits per heavy atom. The van der Waals surface area contributed by atoms with Crippen molar-refractivity contribution in [1.29, 1.82) is 0 Å². The maximum absolute atomic E-state index is 12.2. The molecular formula is C32H27NO4. The van der Waals surface area contributed by atoms with Crippen LogP contribution in [0, 0.1) is 6.92 Å². The molecule has 5 rings (SSSR count). The average molecular weight is 490 g/mol. The highest BCUT2D eigenvalue weighted by atomic mass is 16.5. The first-order chi connectivity index (χ1) is 18.2. The van der Waals surface area contributed by atoms with Crippen molar-refractivity contribution in [2.45, 2.75) is 20.0 Å². The van der Waals surface area contributed by atoms with Crippen LogP contribution in [0.3, 0.4) is 0 Å². The lowest BCUT2D eigenvalue weighted by Gasteiger charge is -2.10. The molecule has 0 aliphatic heterocycles. The zero-order valence-electron chi connectivity index (χ0n) is 20.6. The van der Waals surface area contributed by atoms with Gasteiger partial charge in [-0.15, -0.1) is 0 Å². The molecule has 37 heavy (non-hydrogen) atoms. The number of hydrogen-bond donors (Lipinski definition) is 0. The van der Waals surface area contributed by atoms with E-state index in [9.17, 15) is 4.79 Å². The number of hydrogen-bond acceptors (Lipinski definition) is 5. The number of pyridine rings is 1. The summed E-state index contributed by atoms with van der Waals surface area (Å²) in [6.45, 7) is 2.71. The first-order valence-corrected chi connectivity index (χ1v) is 12.2. The lowest BCUT2D eigenvalue weighted by molar-refractivity contribution is -0.138. The summed E-state index contributed by atoms with van der Waals surface area (Å²) in [4.78, 5) is 16.8. The molecule has 0 unspecified atom stereocenters. The summed E-state index contributed by atoms with van der Waals surface area (Å²) < 4.78 is 17.5. The lowest BCUT2D eigenvalue weighted by atomic mass is 10.1. The third kappa shape index (κ3) is 5.96. The van der Waals surface area contributed by atoms with E-state index in [0.717, 1.165) is 56.8 Å². The van der Waals surface area contributed by atoms with Crippen LogP contribution in [0.1, 0.15) is 22.5 Å². The van der Waals surface area contributed by atoms with Crippen LogP contribution < -0.4 is 4.74 Å².